The average molecular weight is 1170 g/mol. The lowest BCUT2D eigenvalue weighted by Gasteiger charge is -2.67. The Morgan fingerprint density at radius 3 is 2.20 bits per heavy atom. The van der Waals surface area contributed by atoms with Crippen LogP contribution in [0.2, 0.25) is 0 Å². The molecule has 14 rings (SSSR count). The zero-order valence-corrected chi connectivity index (χ0v) is 48.3. The van der Waals surface area contributed by atoms with E-state index in [4.69, 9.17) is 42.6 Å². The number of aliphatic hydroxyl groups is 3. The van der Waals surface area contributed by atoms with Crippen LogP contribution < -0.4 is 9.47 Å². The van der Waals surface area contributed by atoms with Crippen LogP contribution in [0.25, 0.3) is 0 Å². The summed E-state index contributed by atoms with van der Waals surface area (Å²) in [5.74, 6) is -10.5. The van der Waals surface area contributed by atoms with E-state index >= 15 is 0 Å². The van der Waals surface area contributed by atoms with E-state index in [-0.39, 0.29) is 30.6 Å². The van der Waals surface area contributed by atoms with Crippen molar-refractivity contribution in [3.8, 4) is 23.0 Å². The third kappa shape index (κ3) is 7.49. The molecule has 6 aliphatic carbocycles. The number of benzene rings is 3. The van der Waals surface area contributed by atoms with Crippen LogP contribution in [0.3, 0.4) is 0 Å². The molecule has 8 fully saturated rings. The number of phenolic OH excluding ortho intramolecular Hbond substituents is 1. The van der Waals surface area contributed by atoms with Gasteiger partial charge in [0.25, 0.3) is 0 Å². The van der Waals surface area contributed by atoms with Gasteiger partial charge in [-0.3, -0.25) is 23.9 Å². The lowest BCUT2D eigenvalue weighted by Crippen LogP contribution is -2.75. The Morgan fingerprint density at radius 2 is 1.46 bits per heavy atom. The topological polar surface area (TPSA) is 300 Å². The molecule has 2 saturated heterocycles. The number of aryl methyl sites for hydroxylation is 1. The molecule has 0 amide bonds. The van der Waals surface area contributed by atoms with Crippen LogP contribution in [0.5, 0.6) is 23.0 Å². The van der Waals surface area contributed by atoms with Gasteiger partial charge in [-0.05, 0) is 93.5 Å². The van der Waals surface area contributed by atoms with Crippen LogP contribution >= 0.6 is 0 Å². The monoisotopic (exact) mass is 1170 g/mol. The molecule has 0 radical (unpaired) electrons. The maximum atomic E-state index is 14.4. The van der Waals surface area contributed by atoms with Crippen molar-refractivity contribution in [3.63, 3.8) is 0 Å². The van der Waals surface area contributed by atoms with Crippen LogP contribution in [0, 0.1) is 69.5 Å². The highest BCUT2D eigenvalue weighted by molar-refractivity contribution is 5.97. The Kier molecular flexibility index (Phi) is 12.2. The van der Waals surface area contributed by atoms with Crippen molar-refractivity contribution in [2.45, 2.75) is 160 Å². The molecule has 3 unspecified atom stereocenters. The van der Waals surface area contributed by atoms with Crippen LogP contribution in [0.15, 0.2) is 66.9 Å². The largest absolute Gasteiger partial charge is 0.508 e. The van der Waals surface area contributed by atoms with Crippen LogP contribution in [0.1, 0.15) is 120 Å². The van der Waals surface area contributed by atoms with E-state index in [0.717, 1.165) is 0 Å². The second kappa shape index (κ2) is 18.7. The van der Waals surface area contributed by atoms with Gasteiger partial charge in [0, 0.05) is 103 Å². The number of esters is 6. The maximum Gasteiger partial charge on any atom is 0.341 e. The Bertz CT molecular complexity index is 3530. The quantitative estimate of drug-likeness (QED) is 0.0582. The number of aliphatic hydroxyl groups excluding tert-OH is 2. The van der Waals surface area contributed by atoms with Gasteiger partial charge >= 0.3 is 35.8 Å². The third-order valence-corrected chi connectivity index (χ3v) is 22.4. The SMILES string of the molecule is CC(=O)O[C@H]1[C@H]2[C@@H]([C@@H](O)[C@@H](OC(=O)CCCCn3cc(COc4ccc5c(c4)Oc4cc(O)ccc4C54OC(=O)c5ccccc54)nn3)[C@H]3C[C@@H]4C[C@@H]4[C@H](OC(C)=O)[C@]23C)[C@@H]2[C@@H](O)[C@@H]3[C@H]([C@H](C)C4OC45OC(=O)[C@@](C)(O)[C@]35C)[C@@]2(C)[C@H]1OC(C)=O. The summed E-state index contributed by atoms with van der Waals surface area (Å²) in [7, 11) is 0. The fourth-order valence-electron chi connectivity index (χ4n) is 18.9. The number of carbonyl (C=O) groups excluding carboxylic acids is 6. The molecule has 6 saturated carbocycles. The lowest BCUT2D eigenvalue weighted by molar-refractivity contribution is -0.305. The van der Waals surface area contributed by atoms with E-state index in [2.05, 4.69) is 10.3 Å². The van der Waals surface area contributed by atoms with E-state index < -0.39 is 153 Å². The van der Waals surface area contributed by atoms with Gasteiger partial charge in [-0.25, -0.2) is 9.59 Å². The van der Waals surface area contributed by atoms with Gasteiger partial charge in [0.1, 0.15) is 65.8 Å². The predicted octanol–water partition coefficient (Wildman–Crippen LogP) is 5.58. The summed E-state index contributed by atoms with van der Waals surface area (Å²) in [4.78, 5) is 81.7. The molecule has 0 bridgehead atoms. The minimum atomic E-state index is -2.17. The number of epoxide rings is 1. The first-order valence-corrected chi connectivity index (χ1v) is 29.5. The number of aromatic hydroxyl groups is 1. The molecule has 5 heterocycles. The van der Waals surface area contributed by atoms with Crippen molar-refractivity contribution in [3.05, 3.63) is 94.8 Å². The third-order valence-electron chi connectivity index (χ3n) is 22.4. The number of unbranched alkanes of at least 4 members (excludes halogenated alkanes) is 1. The molecule has 22 atom stereocenters. The summed E-state index contributed by atoms with van der Waals surface area (Å²) in [6.07, 6.45) is -4.65. The Labute approximate surface area is 488 Å². The Hall–Kier alpha value is -7.14. The molecular formula is C63H69N3O19. The highest BCUT2D eigenvalue weighted by atomic mass is 16.8. The van der Waals surface area contributed by atoms with E-state index in [9.17, 15) is 49.2 Å². The number of phenols is 1. The molecule has 450 valence electrons. The van der Waals surface area contributed by atoms with Crippen molar-refractivity contribution in [2.24, 2.45) is 69.5 Å². The van der Waals surface area contributed by atoms with E-state index in [0.29, 0.717) is 77.4 Å². The summed E-state index contributed by atoms with van der Waals surface area (Å²) in [5, 5.41) is 58.0. The highest BCUT2D eigenvalue weighted by Gasteiger charge is 2.93. The standard InChI is InChI=1S/C63H69N3O19/c1-27-45-48(60(7)61(8,76)57(75)85-63(60)53(27)83-63)50(73)46-44-47(52(78-28(2)67)55(59(45,46)6)80-30(4)69)58(5)40(22-31-21-36(31)54(58)79-29(3)68)51(49(44)72)82-43(71)15-11-12-20-66-25-32(64-65-66)26-77-34-17-19-39-42(24-34)81-41-23-33(70)16-18-38(41)62(39)37-14-10-9-13-35(37)56(74)84-62/h9-10,13-14,16-19,23-25,27,31,36,40,44-55,70,72-73,76H,11-12,15,20-22,26H2,1-8H3/t27-,31-,36-,40+,44-,45-,46+,47+,48-,49+,50+,51-,52-,53?,54-,55-,58-,59+,60-,61+,62?,63?/m0/s1. The van der Waals surface area contributed by atoms with Crippen LogP contribution in [-0.2, 0) is 75.9 Å². The second-order valence-corrected chi connectivity index (χ2v) is 26.5. The minimum Gasteiger partial charge on any atom is -0.508 e. The molecule has 22 nitrogen and oxygen atoms in total. The predicted molar refractivity (Wildman–Crippen MR) is 288 cm³/mol. The molecule has 1 aromatic heterocycles. The molecule has 4 aromatic rings. The highest BCUT2D eigenvalue weighted by Crippen LogP contribution is 2.81. The maximum absolute atomic E-state index is 14.4. The second-order valence-electron chi connectivity index (χ2n) is 26.5. The van der Waals surface area contributed by atoms with E-state index in [1.54, 1.807) is 54.2 Å². The van der Waals surface area contributed by atoms with Gasteiger partial charge in [0.15, 0.2) is 11.2 Å². The molecule has 4 N–H and O–H groups in total. The number of ether oxygens (including phenoxy) is 9. The van der Waals surface area contributed by atoms with Crippen molar-refractivity contribution in [2.75, 3.05) is 0 Å². The number of hydrogen-bond donors (Lipinski definition) is 4. The van der Waals surface area contributed by atoms with Gasteiger partial charge in [-0.2, -0.15) is 0 Å². The fraction of sp³-hybridized carbons (Fsp3) is 0.587. The first-order valence-electron chi connectivity index (χ1n) is 29.5. The van der Waals surface area contributed by atoms with Gasteiger partial charge in [-0.15, -0.1) is 5.10 Å². The molecule has 4 aliphatic heterocycles. The fourth-order valence-corrected chi connectivity index (χ4v) is 18.9. The first-order chi connectivity index (χ1) is 40.3. The summed E-state index contributed by atoms with van der Waals surface area (Å²) in [6, 6.07) is 17.1. The lowest BCUT2D eigenvalue weighted by atomic mass is 9.40. The van der Waals surface area contributed by atoms with Crippen molar-refractivity contribution in [1.82, 2.24) is 15.0 Å². The number of aromatic nitrogens is 3. The van der Waals surface area contributed by atoms with Crippen molar-refractivity contribution >= 4 is 35.8 Å². The minimum absolute atomic E-state index is 0.0235. The normalized spacial score (nSPS) is 42.1. The van der Waals surface area contributed by atoms with Crippen LogP contribution in [0.4, 0.5) is 0 Å². The summed E-state index contributed by atoms with van der Waals surface area (Å²) >= 11 is 0. The van der Waals surface area contributed by atoms with E-state index in [1.165, 1.54) is 39.8 Å². The van der Waals surface area contributed by atoms with Gasteiger partial charge in [0.2, 0.25) is 5.79 Å². The van der Waals surface area contributed by atoms with E-state index in [1.807, 2.05) is 32.9 Å². The number of hydrogen-bond acceptors (Lipinski definition) is 21. The smallest absolute Gasteiger partial charge is 0.341 e. The number of rotatable bonds is 12. The molecular weight excluding hydrogens is 1100 g/mol. The number of nitrogens with zero attached hydrogens (tertiary/aromatic N) is 3. The first kappa shape index (κ1) is 55.7. The van der Waals surface area contributed by atoms with Crippen LogP contribution in [-0.4, -0.2) is 125 Å². The average Bonchev–Trinajstić information content (AvgIpc) is 1.47. The number of carbonyl (C=O) groups is 6. The summed E-state index contributed by atoms with van der Waals surface area (Å²) in [5.41, 5.74) is -4.93. The summed E-state index contributed by atoms with van der Waals surface area (Å²) in [6.45, 7) is 12.9. The zero-order chi connectivity index (χ0) is 60.0. The Balaban J connectivity index is 0.708. The molecule has 85 heavy (non-hydrogen) atoms. The van der Waals surface area contributed by atoms with Crippen molar-refractivity contribution < 1.29 is 91.8 Å². The molecule has 22 heteroatoms. The molecule has 3 aromatic carbocycles. The Morgan fingerprint density at radius 1 is 0.753 bits per heavy atom. The van der Waals surface area contributed by atoms with Gasteiger partial charge in [-0.1, -0.05) is 44.2 Å². The zero-order valence-electron chi connectivity index (χ0n) is 48.3. The van der Waals surface area contributed by atoms with Gasteiger partial charge < -0.3 is 63.1 Å². The van der Waals surface area contributed by atoms with Crippen molar-refractivity contribution in [1.29, 1.82) is 0 Å². The summed E-state index contributed by atoms with van der Waals surface area (Å²) < 4.78 is 58.3. The number of fused-ring (bicyclic) bond motifs is 15. The molecule has 10 aliphatic rings. The van der Waals surface area contributed by atoms with Gasteiger partial charge in [0.05, 0.1) is 29.4 Å². The molecule has 2 spiro atoms.